The number of nitrogens with one attached hydrogen (secondary N) is 1. The summed E-state index contributed by atoms with van der Waals surface area (Å²) in [7, 11) is 0. The van der Waals surface area contributed by atoms with Gasteiger partial charge in [-0.2, -0.15) is 13.2 Å². The minimum atomic E-state index is -4.45. The highest BCUT2D eigenvalue weighted by Gasteiger charge is 2.34. The van der Waals surface area contributed by atoms with E-state index < -0.39 is 17.7 Å². The Balaban J connectivity index is 1.35. The Kier molecular flexibility index (Phi) is 8.18. The number of carbonyl (C=O) groups is 2. The van der Waals surface area contributed by atoms with E-state index in [1.165, 1.54) is 22.7 Å². The van der Waals surface area contributed by atoms with Gasteiger partial charge in [-0.15, -0.1) is 0 Å². The van der Waals surface area contributed by atoms with E-state index in [1.54, 1.807) is 4.90 Å². The van der Waals surface area contributed by atoms with Crippen molar-refractivity contribution in [3.8, 4) is 0 Å². The van der Waals surface area contributed by atoms with Gasteiger partial charge in [-0.1, -0.05) is 18.2 Å². The van der Waals surface area contributed by atoms with Gasteiger partial charge >= 0.3 is 6.18 Å². The predicted octanol–water partition coefficient (Wildman–Crippen LogP) is 1.72. The van der Waals surface area contributed by atoms with Crippen LogP contribution in [0.5, 0.6) is 0 Å². The molecular weight excluding hydrogens is 471 g/mol. The molecule has 2 aliphatic rings. The molecule has 1 N–H and O–H groups in total. The maximum absolute atomic E-state index is 13.0. The largest absolute Gasteiger partial charge is 0.550 e. The van der Waals surface area contributed by atoms with Crippen molar-refractivity contribution >= 4 is 17.6 Å². The highest BCUT2D eigenvalue weighted by atomic mass is 19.4. The Bertz CT molecular complexity index is 1020. The van der Waals surface area contributed by atoms with E-state index in [2.05, 4.69) is 17.0 Å². The van der Waals surface area contributed by atoms with Crippen molar-refractivity contribution in [3.05, 3.63) is 65.7 Å². The summed E-state index contributed by atoms with van der Waals surface area (Å²) >= 11 is 0. The average molecular weight is 504 g/mol. The monoisotopic (exact) mass is 503 g/mol. The average Bonchev–Trinajstić information content (AvgIpc) is 2.88. The van der Waals surface area contributed by atoms with Crippen molar-refractivity contribution < 1.29 is 32.8 Å². The van der Waals surface area contributed by atoms with E-state index in [1.807, 2.05) is 18.2 Å². The number of aliphatic carboxylic acids is 1. The second-order valence-electron chi connectivity index (χ2n) is 9.82. The molecule has 0 spiro atoms. The van der Waals surface area contributed by atoms with E-state index in [-0.39, 0.29) is 29.7 Å². The lowest BCUT2D eigenvalue weighted by Crippen LogP contribution is -3.15. The number of nitrogens with zero attached hydrogens (tertiary/aromatic N) is 2. The molecule has 0 saturated carbocycles. The Morgan fingerprint density at radius 3 is 2.22 bits per heavy atom. The summed E-state index contributed by atoms with van der Waals surface area (Å²) in [6, 6.07) is 14.6. The number of halogens is 3. The molecule has 2 aromatic rings. The van der Waals surface area contributed by atoms with E-state index in [4.69, 9.17) is 0 Å². The number of carboxylic acid groups (broad SMARTS) is 1. The molecule has 4 rings (SSSR count). The van der Waals surface area contributed by atoms with Crippen LogP contribution in [0.15, 0.2) is 54.6 Å². The third-order valence-electron chi connectivity index (χ3n) is 7.53. The van der Waals surface area contributed by atoms with E-state index >= 15 is 0 Å². The molecule has 36 heavy (non-hydrogen) atoms. The molecule has 2 saturated heterocycles. The molecule has 6 nitrogen and oxygen atoms in total. The number of carboxylic acids is 1. The van der Waals surface area contributed by atoms with Crippen molar-refractivity contribution in [1.82, 2.24) is 4.90 Å². The maximum atomic E-state index is 13.0. The van der Waals surface area contributed by atoms with Crippen LogP contribution in [-0.4, -0.2) is 62.6 Å². The Morgan fingerprint density at radius 2 is 1.61 bits per heavy atom. The van der Waals surface area contributed by atoms with Crippen molar-refractivity contribution in [2.45, 2.75) is 25.4 Å². The number of amides is 1. The number of benzene rings is 2. The van der Waals surface area contributed by atoms with Crippen LogP contribution in [0.2, 0.25) is 0 Å². The van der Waals surface area contributed by atoms with Gasteiger partial charge in [0.1, 0.15) is 0 Å². The molecule has 2 atom stereocenters. The van der Waals surface area contributed by atoms with Crippen LogP contribution in [0, 0.1) is 11.8 Å². The number of hydrogen-bond donors (Lipinski definition) is 1. The summed E-state index contributed by atoms with van der Waals surface area (Å²) in [5.74, 6) is -1.47. The standard InChI is InChI=1S/C27H32F3N3O3/c28-27(29,30)23-8-6-20(7-9-23)26(36)33-13-11-21(18-25(34)35)22(19-33)10-12-31-14-16-32(17-15-31)24-4-2-1-3-5-24/h1-9,21-22H,10-19H2,(H,34,35)/t21-,22-/m0/s1. The van der Waals surface area contributed by atoms with E-state index in [9.17, 15) is 27.9 Å². The van der Waals surface area contributed by atoms with Crippen LogP contribution >= 0.6 is 0 Å². The first-order chi connectivity index (χ1) is 17.2. The Morgan fingerprint density at radius 1 is 0.944 bits per heavy atom. The van der Waals surface area contributed by atoms with Gasteiger partial charge in [0.25, 0.3) is 5.91 Å². The summed E-state index contributed by atoms with van der Waals surface area (Å²) in [6.45, 7) is 5.55. The van der Waals surface area contributed by atoms with Gasteiger partial charge in [-0.25, -0.2) is 0 Å². The molecule has 2 aromatic carbocycles. The van der Waals surface area contributed by atoms with Crippen LogP contribution in [0.3, 0.4) is 0 Å². The SMILES string of the molecule is O=C([O-])C[C@@H]1CCN(C(=O)c2ccc(C(F)(F)F)cc2)C[C@@H]1CC[NH+]1CCN(c2ccccc2)CC1. The molecule has 1 amide bonds. The Labute approximate surface area is 209 Å². The molecule has 2 aliphatic heterocycles. The lowest BCUT2D eigenvalue weighted by Gasteiger charge is -2.40. The first-order valence-corrected chi connectivity index (χ1v) is 12.5. The normalized spacial score (nSPS) is 21.4. The molecule has 194 valence electrons. The van der Waals surface area contributed by atoms with Gasteiger partial charge in [0.05, 0.1) is 38.3 Å². The fourth-order valence-corrected chi connectivity index (χ4v) is 5.42. The number of rotatable bonds is 7. The van der Waals surface area contributed by atoms with Crippen molar-refractivity contribution in [2.75, 3.05) is 50.7 Å². The number of alkyl halides is 3. The third-order valence-corrected chi connectivity index (χ3v) is 7.53. The number of carbonyl (C=O) groups excluding carboxylic acids is 2. The van der Waals surface area contributed by atoms with Crippen LogP contribution < -0.4 is 14.9 Å². The third kappa shape index (κ3) is 6.57. The zero-order chi connectivity index (χ0) is 25.7. The van der Waals surface area contributed by atoms with Crippen LogP contribution in [0.25, 0.3) is 0 Å². The van der Waals surface area contributed by atoms with Gasteiger partial charge in [0.15, 0.2) is 0 Å². The second-order valence-corrected chi connectivity index (χ2v) is 9.82. The molecular formula is C27H32F3N3O3. The summed E-state index contributed by atoms with van der Waals surface area (Å²) in [6.07, 6.45) is -3.16. The van der Waals surface area contributed by atoms with Gasteiger partial charge in [0.2, 0.25) is 0 Å². The highest BCUT2D eigenvalue weighted by Crippen LogP contribution is 2.31. The van der Waals surface area contributed by atoms with Crippen molar-refractivity contribution in [2.24, 2.45) is 11.8 Å². The molecule has 2 fully saturated rings. The minimum Gasteiger partial charge on any atom is -0.550 e. The molecule has 0 aliphatic carbocycles. The van der Waals surface area contributed by atoms with Gasteiger partial charge in [0, 0.05) is 36.7 Å². The van der Waals surface area contributed by atoms with Crippen LogP contribution in [0.1, 0.15) is 35.2 Å². The quantitative estimate of drug-likeness (QED) is 0.625. The lowest BCUT2D eigenvalue weighted by molar-refractivity contribution is -0.901. The second kappa shape index (κ2) is 11.3. The van der Waals surface area contributed by atoms with Crippen LogP contribution in [0.4, 0.5) is 18.9 Å². The molecule has 0 aromatic heterocycles. The number of piperazine rings is 1. The smallest absolute Gasteiger partial charge is 0.416 e. The zero-order valence-corrected chi connectivity index (χ0v) is 20.2. The number of piperidine rings is 1. The lowest BCUT2D eigenvalue weighted by atomic mass is 9.81. The number of para-hydroxylation sites is 1. The number of hydrogen-bond acceptors (Lipinski definition) is 4. The van der Waals surface area contributed by atoms with Gasteiger partial charge < -0.3 is 24.6 Å². The van der Waals surface area contributed by atoms with E-state index in [0.29, 0.717) is 19.5 Å². The first kappa shape index (κ1) is 26.0. The summed E-state index contributed by atoms with van der Waals surface area (Å²) in [5.41, 5.74) is 0.637. The zero-order valence-electron chi connectivity index (χ0n) is 20.2. The predicted molar refractivity (Wildman–Crippen MR) is 127 cm³/mol. The molecule has 2 heterocycles. The molecule has 0 radical (unpaired) electrons. The van der Waals surface area contributed by atoms with Crippen molar-refractivity contribution in [3.63, 3.8) is 0 Å². The summed E-state index contributed by atoms with van der Waals surface area (Å²) in [5, 5.41) is 11.3. The fourth-order valence-electron chi connectivity index (χ4n) is 5.42. The fraction of sp³-hybridized carbons (Fsp3) is 0.481. The van der Waals surface area contributed by atoms with Crippen molar-refractivity contribution in [1.29, 1.82) is 0 Å². The van der Waals surface area contributed by atoms with E-state index in [0.717, 1.165) is 51.3 Å². The number of anilines is 1. The van der Waals surface area contributed by atoms with Gasteiger partial charge in [-0.05, 0) is 61.1 Å². The first-order valence-electron chi connectivity index (χ1n) is 12.5. The summed E-state index contributed by atoms with van der Waals surface area (Å²) < 4.78 is 38.6. The number of quaternary nitrogens is 1. The van der Waals surface area contributed by atoms with Crippen LogP contribution in [-0.2, 0) is 11.0 Å². The Hall–Kier alpha value is -3.07. The molecule has 0 bridgehead atoms. The molecule has 9 heteroatoms. The molecule has 0 unspecified atom stereocenters. The maximum Gasteiger partial charge on any atom is 0.416 e. The number of likely N-dealkylation sites (tertiary alicyclic amines) is 1. The highest BCUT2D eigenvalue weighted by molar-refractivity contribution is 5.94. The minimum absolute atomic E-state index is 0.00898. The topological polar surface area (TPSA) is 68.1 Å². The van der Waals surface area contributed by atoms with Gasteiger partial charge in [-0.3, -0.25) is 4.79 Å². The summed E-state index contributed by atoms with van der Waals surface area (Å²) in [4.78, 5) is 29.8.